The van der Waals surface area contributed by atoms with E-state index in [1.165, 1.54) is 18.2 Å². The lowest BCUT2D eigenvalue weighted by atomic mass is 9.79. The van der Waals surface area contributed by atoms with E-state index in [9.17, 15) is 9.65 Å². The van der Waals surface area contributed by atoms with Crippen LogP contribution in [-0.4, -0.2) is 5.66 Å². The van der Waals surface area contributed by atoms with Crippen molar-refractivity contribution in [3.63, 3.8) is 0 Å². The third kappa shape index (κ3) is 3.42. The van der Waals surface area contributed by atoms with Crippen molar-refractivity contribution in [2.24, 2.45) is 5.92 Å². The highest BCUT2D eigenvalue weighted by Gasteiger charge is 2.49. The fraction of sp³-hybridized carbons (Fsp3) is 0.348. The summed E-state index contributed by atoms with van der Waals surface area (Å²) in [5, 5.41) is 13.2. The molecule has 30 heavy (non-hydrogen) atoms. The van der Waals surface area contributed by atoms with E-state index in [4.69, 9.17) is 23.2 Å². The maximum atomic E-state index is 15.2. The Kier molecular flexibility index (Phi) is 5.65. The molecule has 1 aliphatic heterocycles. The zero-order valence-corrected chi connectivity index (χ0v) is 18.0. The summed E-state index contributed by atoms with van der Waals surface area (Å²) >= 11 is 12.1. The van der Waals surface area contributed by atoms with Gasteiger partial charge in [-0.25, -0.2) is 8.78 Å². The molecule has 7 heteroatoms. The van der Waals surface area contributed by atoms with Gasteiger partial charge in [0, 0.05) is 11.5 Å². The lowest BCUT2D eigenvalue weighted by Gasteiger charge is -2.45. The fourth-order valence-corrected chi connectivity index (χ4v) is 5.05. The highest BCUT2D eigenvalue weighted by molar-refractivity contribution is 6.31. The molecule has 0 radical (unpaired) electrons. The van der Waals surface area contributed by atoms with Crippen molar-refractivity contribution < 1.29 is 8.78 Å². The smallest absolute Gasteiger partial charge is 0.165 e. The number of anilines is 1. The van der Waals surface area contributed by atoms with Crippen LogP contribution in [0.3, 0.4) is 0 Å². The molecule has 1 saturated carbocycles. The first kappa shape index (κ1) is 21.0. The molecule has 1 atom stereocenters. The first-order chi connectivity index (χ1) is 14.4. The van der Waals surface area contributed by atoms with Gasteiger partial charge in [0.05, 0.1) is 21.4 Å². The molecule has 2 aromatic carbocycles. The van der Waals surface area contributed by atoms with Crippen molar-refractivity contribution in [3.05, 3.63) is 69.3 Å². The Labute approximate surface area is 184 Å². The van der Waals surface area contributed by atoms with Crippen LogP contribution >= 0.6 is 23.2 Å². The van der Waals surface area contributed by atoms with Crippen molar-refractivity contribution in [2.45, 2.75) is 44.7 Å². The Morgan fingerprint density at radius 2 is 1.83 bits per heavy atom. The molecule has 3 nitrogen and oxygen atoms in total. The number of halogens is 4. The molecular formula is C23H21Cl2F2N3. The Morgan fingerprint density at radius 1 is 1.10 bits per heavy atom. The van der Waals surface area contributed by atoms with Gasteiger partial charge in [-0.05, 0) is 50.1 Å². The minimum atomic E-state index is -0.743. The highest BCUT2D eigenvalue weighted by atomic mass is 35.5. The molecular weight excluding hydrogens is 427 g/mol. The van der Waals surface area contributed by atoms with Gasteiger partial charge in [-0.15, -0.1) is 0 Å². The molecule has 1 N–H and O–H groups in total. The van der Waals surface area contributed by atoms with Gasteiger partial charge >= 0.3 is 0 Å². The van der Waals surface area contributed by atoms with Crippen LogP contribution in [0.5, 0.6) is 0 Å². The van der Waals surface area contributed by atoms with E-state index in [0.717, 1.165) is 32.1 Å². The number of allylic oxidation sites excluding steroid dienone is 1. The molecule has 0 spiro atoms. The van der Waals surface area contributed by atoms with Gasteiger partial charge < -0.3 is 10.2 Å². The third-order valence-corrected chi connectivity index (χ3v) is 6.76. The molecule has 156 valence electrons. The van der Waals surface area contributed by atoms with E-state index in [1.54, 1.807) is 18.2 Å². The van der Waals surface area contributed by atoms with Crippen molar-refractivity contribution in [3.8, 4) is 6.07 Å². The van der Waals surface area contributed by atoms with E-state index in [1.807, 2.05) is 11.8 Å². The van der Waals surface area contributed by atoms with Gasteiger partial charge in [0.1, 0.15) is 23.2 Å². The van der Waals surface area contributed by atoms with Gasteiger partial charge in [-0.3, -0.25) is 0 Å². The summed E-state index contributed by atoms with van der Waals surface area (Å²) in [7, 11) is 0. The summed E-state index contributed by atoms with van der Waals surface area (Å²) in [6.07, 6.45) is 5.23. The van der Waals surface area contributed by atoms with E-state index in [2.05, 4.69) is 11.4 Å². The number of nitrogens with zero attached hydrogens (tertiary/aromatic N) is 2. The summed E-state index contributed by atoms with van der Waals surface area (Å²) in [6.45, 7) is 1.98. The zero-order chi connectivity index (χ0) is 21.5. The summed E-state index contributed by atoms with van der Waals surface area (Å²) in [6, 6.07) is 11.3. The Morgan fingerprint density at radius 3 is 2.50 bits per heavy atom. The van der Waals surface area contributed by atoms with Crippen molar-refractivity contribution in [1.82, 2.24) is 5.32 Å². The van der Waals surface area contributed by atoms with E-state index in [0.29, 0.717) is 17.0 Å². The summed E-state index contributed by atoms with van der Waals surface area (Å²) < 4.78 is 29.1. The second-order valence-corrected chi connectivity index (χ2v) is 8.79. The number of hydrogen-bond donors (Lipinski definition) is 1. The van der Waals surface area contributed by atoms with E-state index in [-0.39, 0.29) is 21.7 Å². The molecule has 4 rings (SSSR count). The average molecular weight is 448 g/mol. The van der Waals surface area contributed by atoms with Crippen molar-refractivity contribution in [1.29, 1.82) is 5.26 Å². The Balaban J connectivity index is 1.94. The Hall–Kier alpha value is -2.29. The minimum Gasteiger partial charge on any atom is -0.352 e. The molecule has 0 aromatic heterocycles. The molecule has 1 heterocycles. The van der Waals surface area contributed by atoms with Gasteiger partial charge in [0.2, 0.25) is 0 Å². The van der Waals surface area contributed by atoms with E-state index < -0.39 is 17.3 Å². The van der Waals surface area contributed by atoms with Crippen molar-refractivity contribution >= 4 is 34.6 Å². The fourth-order valence-electron chi connectivity index (χ4n) is 4.70. The monoisotopic (exact) mass is 447 g/mol. The second kappa shape index (κ2) is 8.09. The SMILES string of the molecule is CC1(C2CCCCC2)NC(C#N)=C(c2ccc(F)c(Cl)c2)N1c1cccc(Cl)c1F. The largest absolute Gasteiger partial charge is 0.352 e. The summed E-state index contributed by atoms with van der Waals surface area (Å²) in [5.41, 5.74) is 0.819. The predicted octanol–water partition coefficient (Wildman–Crippen LogP) is 6.87. The third-order valence-electron chi connectivity index (χ3n) is 6.18. The van der Waals surface area contributed by atoms with Crippen LogP contribution in [0.25, 0.3) is 5.70 Å². The van der Waals surface area contributed by atoms with Crippen LogP contribution in [0.2, 0.25) is 10.0 Å². The summed E-state index contributed by atoms with van der Waals surface area (Å²) in [5.74, 6) is -0.935. The predicted molar refractivity (Wildman–Crippen MR) is 116 cm³/mol. The number of hydrogen-bond acceptors (Lipinski definition) is 3. The highest BCUT2D eigenvalue weighted by Crippen LogP contribution is 2.47. The van der Waals surface area contributed by atoms with Crippen LogP contribution in [-0.2, 0) is 0 Å². The van der Waals surface area contributed by atoms with Gasteiger partial charge in [0.15, 0.2) is 5.82 Å². The average Bonchev–Trinajstić information content (AvgIpc) is 3.06. The molecule has 0 amide bonds. The summed E-state index contributed by atoms with van der Waals surface area (Å²) in [4.78, 5) is 1.81. The van der Waals surface area contributed by atoms with Crippen LogP contribution in [0.15, 0.2) is 42.1 Å². The molecule has 1 fully saturated rings. The topological polar surface area (TPSA) is 39.1 Å². The molecule has 2 aliphatic rings. The normalized spacial score (nSPS) is 22.2. The molecule has 2 aromatic rings. The first-order valence-corrected chi connectivity index (χ1v) is 10.7. The van der Waals surface area contributed by atoms with E-state index >= 15 is 4.39 Å². The number of rotatable bonds is 3. The van der Waals surface area contributed by atoms with Crippen LogP contribution < -0.4 is 10.2 Å². The maximum Gasteiger partial charge on any atom is 0.165 e. The maximum absolute atomic E-state index is 15.2. The minimum absolute atomic E-state index is 0.000361. The van der Waals surface area contributed by atoms with Crippen LogP contribution in [0.4, 0.5) is 14.5 Å². The van der Waals surface area contributed by atoms with Crippen LogP contribution in [0, 0.1) is 28.9 Å². The standard InChI is InChI=1S/C23H21Cl2F2N3/c1-23(15-6-3-2-4-7-15)29-19(13-28)22(14-10-11-18(26)17(25)12-14)30(23)20-9-5-8-16(24)21(20)27/h5,8-12,15,29H,2-4,6-7H2,1H3. The number of nitriles is 1. The molecule has 1 aliphatic carbocycles. The lowest BCUT2D eigenvalue weighted by Crippen LogP contribution is -2.56. The van der Waals surface area contributed by atoms with Gasteiger partial charge in [-0.2, -0.15) is 5.26 Å². The van der Waals surface area contributed by atoms with Gasteiger partial charge in [0.25, 0.3) is 0 Å². The second-order valence-electron chi connectivity index (χ2n) is 7.98. The molecule has 1 unspecified atom stereocenters. The quantitative estimate of drug-likeness (QED) is 0.557. The zero-order valence-electron chi connectivity index (χ0n) is 16.5. The first-order valence-electron chi connectivity index (χ1n) is 9.99. The number of benzene rings is 2. The van der Waals surface area contributed by atoms with Crippen LogP contribution in [0.1, 0.15) is 44.6 Å². The van der Waals surface area contributed by atoms with Gasteiger partial charge in [-0.1, -0.05) is 48.5 Å². The van der Waals surface area contributed by atoms with Crippen molar-refractivity contribution in [2.75, 3.05) is 4.90 Å². The molecule has 0 saturated heterocycles. The Bertz CT molecular complexity index is 1060. The molecule has 0 bridgehead atoms. The lowest BCUT2D eigenvalue weighted by molar-refractivity contribution is 0.205. The number of nitrogens with one attached hydrogen (secondary N) is 1.